The molecule has 1 aromatic carbocycles. The third kappa shape index (κ3) is 4.66. The predicted octanol–water partition coefficient (Wildman–Crippen LogP) is 2.73. The van der Waals surface area contributed by atoms with E-state index in [2.05, 4.69) is 15.0 Å². The molecule has 1 aliphatic heterocycles. The summed E-state index contributed by atoms with van der Waals surface area (Å²) in [5.74, 6) is -0.717. The molecule has 2 heterocycles. The molecule has 0 saturated carbocycles. The third-order valence-corrected chi connectivity index (χ3v) is 4.73. The number of nitrogens with zero attached hydrogens (tertiary/aromatic N) is 1. The summed E-state index contributed by atoms with van der Waals surface area (Å²) in [5.41, 5.74) is 7.36. The van der Waals surface area contributed by atoms with Crippen LogP contribution in [-0.4, -0.2) is 38.0 Å². The van der Waals surface area contributed by atoms with Gasteiger partial charge in [-0.25, -0.2) is 4.79 Å². The molecule has 1 saturated heterocycles. The van der Waals surface area contributed by atoms with Crippen LogP contribution < -0.4 is 16.0 Å². The summed E-state index contributed by atoms with van der Waals surface area (Å²) in [4.78, 5) is 37.8. The Morgan fingerprint density at radius 1 is 1.21 bits per heavy atom. The Balaban J connectivity index is 1.79. The van der Waals surface area contributed by atoms with E-state index in [4.69, 9.17) is 10.2 Å². The molecule has 3 N–H and O–H groups in total. The minimum atomic E-state index is -0.564. The first kappa shape index (κ1) is 20.2. The van der Waals surface area contributed by atoms with Crippen molar-refractivity contribution in [2.45, 2.75) is 19.8 Å². The topological polar surface area (TPSA) is 115 Å². The van der Waals surface area contributed by atoms with Gasteiger partial charge >= 0.3 is 5.97 Å². The van der Waals surface area contributed by atoms with E-state index < -0.39 is 17.8 Å². The van der Waals surface area contributed by atoms with E-state index >= 15 is 0 Å². The number of hydrogen-bond acceptors (Lipinski definition) is 6. The number of carbonyl (C=O) groups is 3. The molecule has 2 amide bonds. The van der Waals surface area contributed by atoms with Gasteiger partial charge in [-0.3, -0.25) is 9.59 Å². The van der Waals surface area contributed by atoms with Gasteiger partial charge in [0.25, 0.3) is 0 Å². The molecular weight excluding hydrogens is 374 g/mol. The van der Waals surface area contributed by atoms with Gasteiger partial charge in [0.05, 0.1) is 18.5 Å². The van der Waals surface area contributed by atoms with Crippen LogP contribution >= 0.6 is 0 Å². The molecule has 8 heteroatoms. The highest BCUT2D eigenvalue weighted by atomic mass is 16.5. The van der Waals surface area contributed by atoms with Crippen LogP contribution in [0.3, 0.4) is 0 Å². The van der Waals surface area contributed by atoms with Crippen LogP contribution in [0.1, 0.15) is 45.1 Å². The Labute approximate surface area is 168 Å². The van der Waals surface area contributed by atoms with E-state index in [0.717, 1.165) is 31.6 Å². The zero-order valence-electron chi connectivity index (χ0n) is 16.4. The Bertz CT molecular complexity index is 971. The van der Waals surface area contributed by atoms with Crippen molar-refractivity contribution < 1.29 is 23.5 Å². The van der Waals surface area contributed by atoms with Gasteiger partial charge in [0, 0.05) is 24.7 Å². The fourth-order valence-electron chi connectivity index (χ4n) is 3.26. The lowest BCUT2D eigenvalue weighted by Crippen LogP contribution is -2.21. The second kappa shape index (κ2) is 8.64. The molecular formula is C21H23N3O5. The molecule has 0 aliphatic carbocycles. The quantitative estimate of drug-likeness (QED) is 0.572. The first-order chi connectivity index (χ1) is 13.9. The molecule has 152 valence electrons. The summed E-state index contributed by atoms with van der Waals surface area (Å²) in [7, 11) is 1.29. The number of primary amides is 1. The van der Waals surface area contributed by atoms with E-state index in [1.165, 1.54) is 25.3 Å². The highest BCUT2D eigenvalue weighted by Crippen LogP contribution is 2.30. The number of esters is 1. The highest BCUT2D eigenvalue weighted by molar-refractivity contribution is 6.05. The van der Waals surface area contributed by atoms with Crippen LogP contribution in [0.4, 0.5) is 11.4 Å². The zero-order valence-corrected chi connectivity index (χ0v) is 16.4. The maximum atomic E-state index is 12.4. The molecule has 0 radical (unpaired) electrons. The smallest absolute Gasteiger partial charge is 0.341 e. The van der Waals surface area contributed by atoms with Gasteiger partial charge in [-0.05, 0) is 50.1 Å². The van der Waals surface area contributed by atoms with Crippen molar-refractivity contribution in [1.82, 2.24) is 0 Å². The predicted molar refractivity (Wildman–Crippen MR) is 109 cm³/mol. The standard InChI is InChI=1S/C21H23N3O5/c1-13-16(21(27)28-2)12-15(29-13)6-8-19(25)23-17-11-14(20(22)26)5-7-18(17)24-9-3-4-10-24/h5-8,11-12H,3-4,9-10H2,1-2H3,(H2,22,26)(H,23,25)/b8-6+. The number of ether oxygens (including phenoxy) is 1. The van der Waals surface area contributed by atoms with Crippen LogP contribution in [0.2, 0.25) is 0 Å². The fraction of sp³-hybridized carbons (Fsp3) is 0.286. The highest BCUT2D eigenvalue weighted by Gasteiger charge is 2.18. The van der Waals surface area contributed by atoms with Crippen LogP contribution in [0.5, 0.6) is 0 Å². The van der Waals surface area contributed by atoms with Gasteiger partial charge in [0.2, 0.25) is 11.8 Å². The number of nitrogens with two attached hydrogens (primary N) is 1. The molecule has 29 heavy (non-hydrogen) atoms. The molecule has 3 rings (SSSR count). The van der Waals surface area contributed by atoms with Gasteiger partial charge in [0.15, 0.2) is 0 Å². The SMILES string of the molecule is COC(=O)c1cc(/C=C/C(=O)Nc2cc(C(N)=O)ccc2N2CCCC2)oc1C. The fourth-order valence-corrected chi connectivity index (χ4v) is 3.26. The monoisotopic (exact) mass is 397 g/mol. The summed E-state index contributed by atoms with van der Waals surface area (Å²) >= 11 is 0. The average molecular weight is 397 g/mol. The average Bonchev–Trinajstić information content (AvgIpc) is 3.35. The summed E-state index contributed by atoms with van der Waals surface area (Å²) in [5, 5.41) is 2.80. The molecule has 1 aromatic heterocycles. The molecule has 0 spiro atoms. The van der Waals surface area contributed by atoms with Crippen molar-refractivity contribution >= 4 is 35.2 Å². The van der Waals surface area contributed by atoms with Gasteiger partial charge < -0.3 is 25.1 Å². The Morgan fingerprint density at radius 2 is 1.93 bits per heavy atom. The van der Waals surface area contributed by atoms with Crippen molar-refractivity contribution in [3.05, 3.63) is 53.0 Å². The Morgan fingerprint density at radius 3 is 2.59 bits per heavy atom. The third-order valence-electron chi connectivity index (χ3n) is 4.73. The van der Waals surface area contributed by atoms with Crippen LogP contribution in [-0.2, 0) is 9.53 Å². The lowest BCUT2D eigenvalue weighted by atomic mass is 10.1. The van der Waals surface area contributed by atoms with Gasteiger partial charge in [-0.1, -0.05) is 0 Å². The van der Waals surface area contributed by atoms with Crippen LogP contribution in [0.15, 0.2) is 34.8 Å². The van der Waals surface area contributed by atoms with Crippen molar-refractivity contribution in [3.8, 4) is 0 Å². The molecule has 1 fully saturated rings. The van der Waals surface area contributed by atoms with Crippen molar-refractivity contribution in [3.63, 3.8) is 0 Å². The Hall–Kier alpha value is -3.55. The minimum absolute atomic E-state index is 0.304. The summed E-state index contributed by atoms with van der Waals surface area (Å²) in [6, 6.07) is 6.53. The second-order valence-corrected chi connectivity index (χ2v) is 6.72. The molecule has 0 bridgehead atoms. The lowest BCUT2D eigenvalue weighted by molar-refractivity contribution is -0.111. The summed E-state index contributed by atoms with van der Waals surface area (Å²) < 4.78 is 10.1. The number of nitrogens with one attached hydrogen (secondary N) is 1. The molecule has 8 nitrogen and oxygen atoms in total. The van der Waals surface area contributed by atoms with Gasteiger partial charge in [0.1, 0.15) is 17.1 Å². The number of methoxy groups -OCH3 is 1. The number of anilines is 2. The van der Waals surface area contributed by atoms with E-state index in [0.29, 0.717) is 28.3 Å². The number of rotatable bonds is 6. The van der Waals surface area contributed by atoms with Crippen molar-refractivity contribution in [1.29, 1.82) is 0 Å². The van der Waals surface area contributed by atoms with E-state index in [1.54, 1.807) is 25.1 Å². The molecule has 0 unspecified atom stereocenters. The zero-order chi connectivity index (χ0) is 21.0. The molecule has 1 aliphatic rings. The molecule has 0 atom stereocenters. The second-order valence-electron chi connectivity index (χ2n) is 6.72. The number of carbonyl (C=O) groups excluding carboxylic acids is 3. The van der Waals surface area contributed by atoms with Crippen molar-refractivity contribution in [2.75, 3.05) is 30.4 Å². The summed E-state index contributed by atoms with van der Waals surface area (Å²) in [6.07, 6.45) is 4.91. The number of amides is 2. The van der Waals surface area contributed by atoms with E-state index in [-0.39, 0.29) is 0 Å². The largest absolute Gasteiger partial charge is 0.465 e. The van der Waals surface area contributed by atoms with Crippen LogP contribution in [0.25, 0.3) is 6.08 Å². The van der Waals surface area contributed by atoms with E-state index in [1.807, 2.05) is 0 Å². The maximum absolute atomic E-state index is 12.4. The first-order valence-corrected chi connectivity index (χ1v) is 9.25. The van der Waals surface area contributed by atoms with Crippen molar-refractivity contribution in [2.24, 2.45) is 5.73 Å². The number of hydrogen-bond donors (Lipinski definition) is 2. The lowest BCUT2D eigenvalue weighted by Gasteiger charge is -2.21. The van der Waals surface area contributed by atoms with Crippen LogP contribution in [0, 0.1) is 6.92 Å². The minimum Gasteiger partial charge on any atom is -0.465 e. The Kier molecular flexibility index (Phi) is 6.01. The number of furan rings is 1. The maximum Gasteiger partial charge on any atom is 0.341 e. The van der Waals surface area contributed by atoms with Gasteiger partial charge in [-0.15, -0.1) is 0 Å². The molecule has 2 aromatic rings. The number of aryl methyl sites for hydroxylation is 1. The number of benzene rings is 1. The summed E-state index contributed by atoms with van der Waals surface area (Å²) in [6.45, 7) is 3.41. The van der Waals surface area contributed by atoms with Gasteiger partial charge in [-0.2, -0.15) is 0 Å². The normalized spacial score (nSPS) is 13.7. The first-order valence-electron chi connectivity index (χ1n) is 9.25. The van der Waals surface area contributed by atoms with E-state index in [9.17, 15) is 14.4 Å².